The minimum atomic E-state index is -3.79. The Morgan fingerprint density at radius 3 is 2.38 bits per heavy atom. The highest BCUT2D eigenvalue weighted by Gasteiger charge is 2.19. The molecule has 7 heteroatoms. The van der Waals surface area contributed by atoms with Crippen molar-refractivity contribution in [2.75, 3.05) is 18.4 Å². The Bertz CT molecular complexity index is 877. The molecule has 0 spiro atoms. The van der Waals surface area contributed by atoms with Crippen LogP contribution in [0.3, 0.4) is 0 Å². The first-order valence-corrected chi connectivity index (χ1v) is 9.71. The van der Waals surface area contributed by atoms with Gasteiger partial charge in [0.2, 0.25) is 0 Å². The summed E-state index contributed by atoms with van der Waals surface area (Å²) in [6.45, 7) is 5.88. The fourth-order valence-electron chi connectivity index (χ4n) is 2.44. The molecule has 0 saturated carbocycles. The van der Waals surface area contributed by atoms with Crippen LogP contribution in [0.2, 0.25) is 0 Å². The summed E-state index contributed by atoms with van der Waals surface area (Å²) in [5.41, 5.74) is 2.52. The number of benzene rings is 2. The summed E-state index contributed by atoms with van der Waals surface area (Å²) < 4.78 is 32.8. The highest BCUT2D eigenvalue weighted by atomic mass is 32.2. The molecule has 2 rings (SSSR count). The van der Waals surface area contributed by atoms with Crippen molar-refractivity contribution in [1.29, 1.82) is 0 Å². The Labute approximate surface area is 154 Å². The van der Waals surface area contributed by atoms with Crippen LogP contribution in [-0.2, 0) is 14.8 Å². The number of anilines is 1. The highest BCUT2D eigenvalue weighted by molar-refractivity contribution is 7.92. The van der Waals surface area contributed by atoms with E-state index in [-0.39, 0.29) is 16.8 Å². The second-order valence-corrected chi connectivity index (χ2v) is 7.96. The van der Waals surface area contributed by atoms with Gasteiger partial charge < -0.3 is 10.1 Å². The Kier molecular flexibility index (Phi) is 6.39. The number of carbonyl (C=O) groups excluding carboxylic acids is 1. The van der Waals surface area contributed by atoms with E-state index in [1.54, 1.807) is 32.2 Å². The molecule has 0 fully saturated rings. The maximum atomic E-state index is 12.6. The lowest BCUT2D eigenvalue weighted by atomic mass is 10.1. The van der Waals surface area contributed by atoms with Gasteiger partial charge in [-0.2, -0.15) is 0 Å². The zero-order chi connectivity index (χ0) is 19.3. The largest absolute Gasteiger partial charge is 0.383 e. The van der Waals surface area contributed by atoms with Crippen molar-refractivity contribution < 1.29 is 17.9 Å². The summed E-state index contributed by atoms with van der Waals surface area (Å²) in [6.07, 6.45) is 0. The predicted molar refractivity (Wildman–Crippen MR) is 102 cm³/mol. The lowest BCUT2D eigenvalue weighted by molar-refractivity contribution is 0.0904. The Hall–Kier alpha value is -2.38. The van der Waals surface area contributed by atoms with Crippen LogP contribution in [0.1, 0.15) is 28.4 Å². The SMILES string of the molecule is COCC(C)NC(=O)c1cc(S(=O)(=O)Nc2ccc(C)cc2)ccc1C. The maximum absolute atomic E-state index is 12.6. The van der Waals surface area contributed by atoms with E-state index in [0.717, 1.165) is 5.56 Å². The predicted octanol–water partition coefficient (Wildman–Crippen LogP) is 2.87. The van der Waals surface area contributed by atoms with Crippen LogP contribution in [0.25, 0.3) is 0 Å². The average molecular weight is 376 g/mol. The molecule has 0 bridgehead atoms. The van der Waals surface area contributed by atoms with Crippen LogP contribution in [0.4, 0.5) is 5.69 Å². The quantitative estimate of drug-likeness (QED) is 0.778. The van der Waals surface area contributed by atoms with Crippen molar-refractivity contribution in [1.82, 2.24) is 5.32 Å². The Morgan fingerprint density at radius 1 is 1.12 bits per heavy atom. The van der Waals surface area contributed by atoms with Crippen molar-refractivity contribution in [3.8, 4) is 0 Å². The molecule has 0 heterocycles. The number of hydrogen-bond donors (Lipinski definition) is 2. The number of rotatable bonds is 7. The molecular formula is C19H24N2O4S. The number of nitrogens with one attached hydrogen (secondary N) is 2. The number of aryl methyl sites for hydroxylation is 2. The smallest absolute Gasteiger partial charge is 0.261 e. The topological polar surface area (TPSA) is 84.5 Å². The van der Waals surface area contributed by atoms with Crippen LogP contribution in [0.15, 0.2) is 47.4 Å². The summed E-state index contributed by atoms with van der Waals surface area (Å²) in [4.78, 5) is 12.5. The minimum Gasteiger partial charge on any atom is -0.383 e. The van der Waals surface area contributed by atoms with Crippen molar-refractivity contribution in [2.24, 2.45) is 0 Å². The second-order valence-electron chi connectivity index (χ2n) is 6.28. The molecule has 0 aromatic heterocycles. The number of methoxy groups -OCH3 is 1. The van der Waals surface area contributed by atoms with Gasteiger partial charge in [0.25, 0.3) is 15.9 Å². The summed E-state index contributed by atoms with van der Waals surface area (Å²) in [5, 5.41) is 2.79. The molecule has 1 unspecified atom stereocenters. The first-order valence-electron chi connectivity index (χ1n) is 8.23. The molecule has 0 saturated heterocycles. The summed E-state index contributed by atoms with van der Waals surface area (Å²) in [5.74, 6) is -0.334. The fourth-order valence-corrected chi connectivity index (χ4v) is 3.53. The minimum absolute atomic E-state index is 0.0354. The summed E-state index contributed by atoms with van der Waals surface area (Å²) in [6, 6.07) is 11.4. The standard InChI is InChI=1S/C19H24N2O4S/c1-13-5-8-16(9-6-13)21-26(23,24)17-10-7-14(2)18(11-17)19(22)20-15(3)12-25-4/h5-11,15,21H,12H2,1-4H3,(H,20,22). The van der Waals surface area contributed by atoms with Gasteiger partial charge in [0.1, 0.15) is 0 Å². The molecule has 26 heavy (non-hydrogen) atoms. The number of ether oxygens (including phenoxy) is 1. The van der Waals surface area contributed by atoms with Crippen molar-refractivity contribution >= 4 is 21.6 Å². The Morgan fingerprint density at radius 2 is 1.77 bits per heavy atom. The Balaban J connectivity index is 2.26. The molecule has 0 radical (unpaired) electrons. The third-order valence-electron chi connectivity index (χ3n) is 3.86. The van der Waals surface area contributed by atoms with Gasteiger partial charge in [0.15, 0.2) is 0 Å². The molecule has 140 valence electrons. The van der Waals surface area contributed by atoms with Crippen LogP contribution in [0, 0.1) is 13.8 Å². The molecular weight excluding hydrogens is 352 g/mol. The second kappa shape index (κ2) is 8.33. The molecule has 1 amide bonds. The zero-order valence-corrected chi connectivity index (χ0v) is 16.2. The molecule has 0 aliphatic carbocycles. The molecule has 6 nitrogen and oxygen atoms in total. The lowest BCUT2D eigenvalue weighted by Gasteiger charge is -2.15. The monoisotopic (exact) mass is 376 g/mol. The van der Waals surface area contributed by atoms with Crippen LogP contribution in [0.5, 0.6) is 0 Å². The van der Waals surface area contributed by atoms with Gasteiger partial charge in [-0.05, 0) is 50.6 Å². The fraction of sp³-hybridized carbons (Fsp3) is 0.316. The van der Waals surface area contributed by atoms with Crippen LogP contribution >= 0.6 is 0 Å². The van der Waals surface area contributed by atoms with Gasteiger partial charge in [-0.1, -0.05) is 23.8 Å². The molecule has 1 atom stereocenters. The van der Waals surface area contributed by atoms with Gasteiger partial charge >= 0.3 is 0 Å². The molecule has 2 aromatic carbocycles. The van der Waals surface area contributed by atoms with Crippen LogP contribution < -0.4 is 10.0 Å². The maximum Gasteiger partial charge on any atom is 0.261 e. The first-order chi connectivity index (χ1) is 12.2. The van der Waals surface area contributed by atoms with Crippen LogP contribution in [-0.4, -0.2) is 34.1 Å². The molecule has 2 aromatic rings. The lowest BCUT2D eigenvalue weighted by Crippen LogP contribution is -2.36. The third kappa shape index (κ3) is 5.06. The van der Waals surface area contributed by atoms with E-state index in [0.29, 0.717) is 23.4 Å². The number of hydrogen-bond acceptors (Lipinski definition) is 4. The normalized spacial score (nSPS) is 12.5. The van der Waals surface area contributed by atoms with Crippen molar-refractivity contribution in [2.45, 2.75) is 31.7 Å². The number of carbonyl (C=O) groups is 1. The van der Waals surface area contributed by atoms with Gasteiger partial charge in [0, 0.05) is 24.4 Å². The van der Waals surface area contributed by atoms with Crippen molar-refractivity contribution in [3.63, 3.8) is 0 Å². The zero-order valence-electron chi connectivity index (χ0n) is 15.4. The van der Waals surface area contributed by atoms with E-state index in [9.17, 15) is 13.2 Å². The molecule has 0 aliphatic heterocycles. The number of amides is 1. The van der Waals surface area contributed by atoms with Gasteiger partial charge in [-0.3, -0.25) is 9.52 Å². The van der Waals surface area contributed by atoms with Gasteiger partial charge in [-0.15, -0.1) is 0 Å². The first kappa shape index (κ1) is 19.9. The summed E-state index contributed by atoms with van der Waals surface area (Å²) >= 11 is 0. The van der Waals surface area contributed by atoms with E-state index < -0.39 is 10.0 Å². The van der Waals surface area contributed by atoms with E-state index in [2.05, 4.69) is 10.0 Å². The number of sulfonamides is 1. The average Bonchev–Trinajstić information content (AvgIpc) is 2.57. The van der Waals surface area contributed by atoms with E-state index in [1.165, 1.54) is 12.1 Å². The van der Waals surface area contributed by atoms with Gasteiger partial charge in [0.05, 0.1) is 11.5 Å². The summed E-state index contributed by atoms with van der Waals surface area (Å²) in [7, 11) is -2.24. The third-order valence-corrected chi connectivity index (χ3v) is 5.24. The van der Waals surface area contributed by atoms with E-state index in [4.69, 9.17) is 4.74 Å². The van der Waals surface area contributed by atoms with E-state index >= 15 is 0 Å². The highest BCUT2D eigenvalue weighted by Crippen LogP contribution is 2.20. The molecule has 2 N–H and O–H groups in total. The van der Waals surface area contributed by atoms with Crippen molar-refractivity contribution in [3.05, 3.63) is 59.2 Å². The van der Waals surface area contributed by atoms with E-state index in [1.807, 2.05) is 26.0 Å². The van der Waals surface area contributed by atoms with Gasteiger partial charge in [-0.25, -0.2) is 8.42 Å². The molecule has 0 aliphatic rings.